The fourth-order valence-corrected chi connectivity index (χ4v) is 1.48. The van der Waals surface area contributed by atoms with Gasteiger partial charge in [-0.25, -0.2) is 0 Å². The van der Waals surface area contributed by atoms with Gasteiger partial charge in [-0.15, -0.1) is 0 Å². The minimum Gasteiger partial charge on any atom is -0.387 e. The second-order valence-electron chi connectivity index (χ2n) is 3.94. The second-order valence-corrected chi connectivity index (χ2v) is 3.94. The highest BCUT2D eigenvalue weighted by Crippen LogP contribution is 2.51. The molecule has 10 heavy (non-hydrogen) atoms. The smallest absolute Gasteiger partial charge is 0.117 e. The summed E-state index contributed by atoms with van der Waals surface area (Å²) < 4.78 is 5.21. The van der Waals surface area contributed by atoms with Crippen LogP contribution < -0.4 is 0 Å². The van der Waals surface area contributed by atoms with Gasteiger partial charge in [0.1, 0.15) is 5.60 Å². The predicted octanol–water partition coefficient (Wildman–Crippen LogP) is 0.936. The molecule has 2 nitrogen and oxygen atoms in total. The van der Waals surface area contributed by atoms with Crippen LogP contribution in [0.2, 0.25) is 0 Å². The monoisotopic (exact) mass is 142 g/mol. The Bertz CT molecular complexity index is 155. The molecule has 0 radical (unpaired) electrons. The molecule has 0 aromatic heterocycles. The van der Waals surface area contributed by atoms with Crippen molar-refractivity contribution in [2.24, 2.45) is 5.92 Å². The molecule has 0 aromatic rings. The number of epoxide rings is 1. The molecule has 1 saturated heterocycles. The third-order valence-corrected chi connectivity index (χ3v) is 3.02. The Balaban J connectivity index is 2.11. The summed E-state index contributed by atoms with van der Waals surface area (Å²) in [6.45, 7) is 4.62. The first kappa shape index (κ1) is 6.62. The van der Waals surface area contributed by atoms with Crippen LogP contribution in [-0.4, -0.2) is 22.9 Å². The van der Waals surface area contributed by atoms with Crippen LogP contribution in [-0.2, 0) is 4.74 Å². The Morgan fingerprint density at radius 2 is 2.10 bits per heavy atom. The first-order chi connectivity index (χ1) is 4.56. The van der Waals surface area contributed by atoms with Crippen LogP contribution >= 0.6 is 0 Å². The van der Waals surface area contributed by atoms with Crippen LogP contribution in [0.15, 0.2) is 0 Å². The molecule has 0 bridgehead atoms. The van der Waals surface area contributed by atoms with Gasteiger partial charge in [-0.2, -0.15) is 0 Å². The molecular weight excluding hydrogens is 128 g/mol. The van der Waals surface area contributed by atoms with E-state index in [0.717, 1.165) is 6.61 Å². The molecule has 0 amide bonds. The number of hydrogen-bond donors (Lipinski definition) is 1. The summed E-state index contributed by atoms with van der Waals surface area (Å²) >= 11 is 0. The topological polar surface area (TPSA) is 32.8 Å². The third kappa shape index (κ3) is 0.722. The zero-order valence-corrected chi connectivity index (χ0v) is 6.55. The van der Waals surface area contributed by atoms with Gasteiger partial charge in [0.2, 0.25) is 0 Å². The van der Waals surface area contributed by atoms with Crippen LogP contribution in [0.5, 0.6) is 0 Å². The summed E-state index contributed by atoms with van der Waals surface area (Å²) in [5.74, 6) is 0.500. The molecule has 0 spiro atoms. The van der Waals surface area contributed by atoms with Crippen LogP contribution in [0.3, 0.4) is 0 Å². The van der Waals surface area contributed by atoms with Crippen LogP contribution in [0.1, 0.15) is 26.7 Å². The van der Waals surface area contributed by atoms with E-state index >= 15 is 0 Å². The Morgan fingerprint density at radius 1 is 1.60 bits per heavy atom. The minimum atomic E-state index is -0.562. The highest BCUT2D eigenvalue weighted by molar-refractivity contribution is 5.10. The average Bonchev–Trinajstić information content (AvgIpc) is 2.55. The van der Waals surface area contributed by atoms with E-state index in [9.17, 15) is 5.11 Å². The van der Waals surface area contributed by atoms with Gasteiger partial charge in [-0.3, -0.25) is 0 Å². The van der Waals surface area contributed by atoms with Crippen molar-refractivity contribution in [2.75, 3.05) is 6.61 Å². The van der Waals surface area contributed by atoms with E-state index in [1.165, 1.54) is 12.8 Å². The van der Waals surface area contributed by atoms with Crippen LogP contribution in [0.25, 0.3) is 0 Å². The predicted molar refractivity (Wildman–Crippen MR) is 37.7 cm³/mol. The molecule has 1 unspecified atom stereocenters. The van der Waals surface area contributed by atoms with E-state index < -0.39 is 5.60 Å². The maximum absolute atomic E-state index is 9.93. The lowest BCUT2D eigenvalue weighted by molar-refractivity contribution is -0.0332. The maximum Gasteiger partial charge on any atom is 0.117 e. The van der Waals surface area contributed by atoms with Crippen LogP contribution in [0.4, 0.5) is 0 Å². The van der Waals surface area contributed by atoms with E-state index in [1.54, 1.807) is 0 Å². The summed E-state index contributed by atoms with van der Waals surface area (Å²) in [4.78, 5) is 0. The molecule has 1 aliphatic carbocycles. The molecule has 1 N–H and O–H groups in total. The standard InChI is InChI=1S/C8H14O2/c1-7(5-10-7)8(2,9)6-3-4-6/h6,9H,3-5H2,1-2H3/t7-,8?/m1/s1. The molecule has 2 heteroatoms. The van der Waals surface area contributed by atoms with Crippen molar-refractivity contribution >= 4 is 0 Å². The van der Waals surface area contributed by atoms with Gasteiger partial charge in [0.15, 0.2) is 0 Å². The summed E-state index contributed by atoms with van der Waals surface area (Å²) in [6, 6.07) is 0. The number of rotatable bonds is 2. The fraction of sp³-hybridized carbons (Fsp3) is 1.00. The lowest BCUT2D eigenvalue weighted by Gasteiger charge is -2.27. The normalized spacial score (nSPS) is 44.7. The molecule has 1 saturated carbocycles. The quantitative estimate of drug-likeness (QED) is 0.582. The number of aliphatic hydroxyl groups is 1. The summed E-state index contributed by atoms with van der Waals surface area (Å²) in [5, 5.41) is 9.93. The Morgan fingerprint density at radius 3 is 2.40 bits per heavy atom. The van der Waals surface area contributed by atoms with Crippen molar-refractivity contribution in [1.29, 1.82) is 0 Å². The zero-order chi connectivity index (χ0) is 7.41. The van der Waals surface area contributed by atoms with Gasteiger partial charge in [-0.1, -0.05) is 0 Å². The van der Waals surface area contributed by atoms with E-state index in [1.807, 2.05) is 13.8 Å². The van der Waals surface area contributed by atoms with Gasteiger partial charge in [0.25, 0.3) is 0 Å². The lowest BCUT2D eigenvalue weighted by Crippen LogP contribution is -2.42. The van der Waals surface area contributed by atoms with Crippen molar-refractivity contribution in [1.82, 2.24) is 0 Å². The van der Waals surface area contributed by atoms with Gasteiger partial charge in [-0.05, 0) is 32.6 Å². The number of hydrogen-bond acceptors (Lipinski definition) is 2. The van der Waals surface area contributed by atoms with Crippen molar-refractivity contribution in [3.63, 3.8) is 0 Å². The van der Waals surface area contributed by atoms with Crippen molar-refractivity contribution in [2.45, 2.75) is 37.9 Å². The molecule has 2 fully saturated rings. The maximum atomic E-state index is 9.93. The molecule has 2 aliphatic rings. The van der Waals surface area contributed by atoms with Gasteiger partial charge < -0.3 is 9.84 Å². The minimum absolute atomic E-state index is 0.214. The van der Waals surface area contributed by atoms with Gasteiger partial charge in [0.05, 0.1) is 12.2 Å². The second kappa shape index (κ2) is 1.56. The average molecular weight is 142 g/mol. The van der Waals surface area contributed by atoms with E-state index in [4.69, 9.17) is 4.74 Å². The Kier molecular flexibility index (Phi) is 1.03. The fourth-order valence-electron chi connectivity index (χ4n) is 1.48. The molecule has 1 aliphatic heterocycles. The molecule has 0 aromatic carbocycles. The highest BCUT2D eigenvalue weighted by Gasteiger charge is 2.60. The Labute approximate surface area is 61.2 Å². The van der Waals surface area contributed by atoms with Gasteiger partial charge >= 0.3 is 0 Å². The van der Waals surface area contributed by atoms with Crippen LogP contribution in [0, 0.1) is 5.92 Å². The lowest BCUT2D eigenvalue weighted by atomic mass is 9.86. The summed E-state index contributed by atoms with van der Waals surface area (Å²) in [6.07, 6.45) is 2.35. The van der Waals surface area contributed by atoms with Crippen molar-refractivity contribution < 1.29 is 9.84 Å². The van der Waals surface area contributed by atoms with E-state index in [-0.39, 0.29) is 5.60 Å². The number of ether oxygens (including phenoxy) is 1. The third-order valence-electron chi connectivity index (χ3n) is 3.02. The summed E-state index contributed by atoms with van der Waals surface area (Å²) in [7, 11) is 0. The molecule has 2 rings (SSSR count). The first-order valence-corrected chi connectivity index (χ1v) is 3.93. The SMILES string of the molecule is CC(O)(C1CC1)[C@@]1(C)CO1. The van der Waals surface area contributed by atoms with E-state index in [0.29, 0.717) is 5.92 Å². The molecule has 58 valence electrons. The first-order valence-electron chi connectivity index (χ1n) is 3.93. The molecule has 2 atom stereocenters. The van der Waals surface area contributed by atoms with E-state index in [2.05, 4.69) is 0 Å². The van der Waals surface area contributed by atoms with Crippen molar-refractivity contribution in [3.8, 4) is 0 Å². The largest absolute Gasteiger partial charge is 0.387 e. The zero-order valence-electron chi connectivity index (χ0n) is 6.55. The van der Waals surface area contributed by atoms with Crippen molar-refractivity contribution in [3.05, 3.63) is 0 Å². The highest BCUT2D eigenvalue weighted by atomic mass is 16.6. The molecular formula is C8H14O2. The molecule has 1 heterocycles. The Hall–Kier alpha value is -0.0800. The van der Waals surface area contributed by atoms with Gasteiger partial charge in [0, 0.05) is 0 Å². The summed E-state index contributed by atoms with van der Waals surface area (Å²) in [5.41, 5.74) is -0.777.